The SMILES string of the molecule is CC(C)NC(=O)N(C)C[C@@H]1Oc2ncc(C#Cc3ccccc3)cc2C(=O)N([C@H](C)CO)C[C@@H]1C. The second kappa shape index (κ2) is 11.7. The van der Waals surface area contributed by atoms with E-state index in [1.165, 1.54) is 0 Å². The van der Waals surface area contributed by atoms with Gasteiger partial charge in [-0.1, -0.05) is 37.0 Å². The number of rotatable bonds is 5. The molecule has 1 aliphatic rings. The van der Waals surface area contributed by atoms with E-state index < -0.39 is 12.1 Å². The Bertz CT molecular complexity index is 1090. The third-order valence-electron chi connectivity index (χ3n) is 5.86. The van der Waals surface area contributed by atoms with E-state index in [4.69, 9.17) is 4.74 Å². The van der Waals surface area contributed by atoms with Gasteiger partial charge in [0.05, 0.1) is 19.2 Å². The standard InChI is InChI=1S/C27H34N4O4/c1-18(2)29-27(34)30(5)16-24-19(3)15-31(20(4)17-32)26(33)23-13-22(14-28-25(23)35-24)12-11-21-9-7-6-8-10-21/h6-10,13-14,18-20,24,32H,15-17H2,1-5H3,(H,29,34)/t19-,20+,24-/m0/s1. The van der Waals surface area contributed by atoms with Crippen LogP contribution >= 0.6 is 0 Å². The molecule has 8 nitrogen and oxygen atoms in total. The fraction of sp³-hybridized carbons (Fsp3) is 0.444. The number of pyridine rings is 1. The van der Waals surface area contributed by atoms with Gasteiger partial charge in [0, 0.05) is 42.9 Å². The molecule has 0 fully saturated rings. The summed E-state index contributed by atoms with van der Waals surface area (Å²) < 4.78 is 6.23. The highest BCUT2D eigenvalue weighted by atomic mass is 16.5. The van der Waals surface area contributed by atoms with Gasteiger partial charge in [0.25, 0.3) is 5.91 Å². The fourth-order valence-corrected chi connectivity index (χ4v) is 3.76. The number of nitrogens with one attached hydrogen (secondary N) is 1. The predicted molar refractivity (Wildman–Crippen MR) is 134 cm³/mol. The van der Waals surface area contributed by atoms with Crippen molar-refractivity contribution in [3.8, 4) is 17.7 Å². The summed E-state index contributed by atoms with van der Waals surface area (Å²) >= 11 is 0. The van der Waals surface area contributed by atoms with Crippen molar-refractivity contribution in [1.82, 2.24) is 20.1 Å². The molecule has 2 aromatic rings. The molecule has 2 heterocycles. The number of amides is 3. The molecule has 1 aromatic carbocycles. The van der Waals surface area contributed by atoms with Crippen molar-refractivity contribution in [2.45, 2.75) is 45.9 Å². The zero-order valence-corrected chi connectivity index (χ0v) is 21.0. The quantitative estimate of drug-likeness (QED) is 0.645. The zero-order valence-electron chi connectivity index (χ0n) is 21.0. The summed E-state index contributed by atoms with van der Waals surface area (Å²) in [5, 5.41) is 12.7. The van der Waals surface area contributed by atoms with E-state index in [9.17, 15) is 14.7 Å². The summed E-state index contributed by atoms with van der Waals surface area (Å²) in [7, 11) is 1.71. The number of aliphatic hydroxyl groups is 1. The number of aliphatic hydroxyl groups excluding tert-OH is 1. The van der Waals surface area contributed by atoms with Crippen LogP contribution in [0.3, 0.4) is 0 Å². The predicted octanol–water partition coefficient (Wildman–Crippen LogP) is 2.75. The number of carbonyl (C=O) groups excluding carboxylic acids is 2. The summed E-state index contributed by atoms with van der Waals surface area (Å²) in [6.07, 6.45) is 1.17. The van der Waals surface area contributed by atoms with Crippen molar-refractivity contribution in [3.05, 3.63) is 59.3 Å². The third-order valence-corrected chi connectivity index (χ3v) is 5.86. The Kier molecular flexibility index (Phi) is 8.72. The Hall–Kier alpha value is -3.57. The molecule has 1 aliphatic heterocycles. The maximum absolute atomic E-state index is 13.5. The molecule has 0 saturated carbocycles. The summed E-state index contributed by atoms with van der Waals surface area (Å²) in [5.74, 6) is 5.95. The monoisotopic (exact) mass is 478 g/mol. The van der Waals surface area contributed by atoms with Crippen LogP contribution in [0, 0.1) is 17.8 Å². The number of aromatic nitrogens is 1. The third kappa shape index (κ3) is 6.74. The molecule has 2 N–H and O–H groups in total. The van der Waals surface area contributed by atoms with E-state index in [0.29, 0.717) is 18.7 Å². The minimum Gasteiger partial charge on any atom is -0.472 e. The number of likely N-dealkylation sites (N-methyl/N-ethyl adjacent to an activating group) is 1. The Morgan fingerprint density at radius 3 is 2.60 bits per heavy atom. The van der Waals surface area contributed by atoms with E-state index in [0.717, 1.165) is 5.56 Å². The molecule has 0 bridgehead atoms. The van der Waals surface area contributed by atoms with E-state index in [-0.39, 0.29) is 41.9 Å². The molecular weight excluding hydrogens is 444 g/mol. The maximum atomic E-state index is 13.5. The van der Waals surface area contributed by atoms with Gasteiger partial charge in [-0.05, 0) is 39.0 Å². The van der Waals surface area contributed by atoms with Gasteiger partial charge in [-0.15, -0.1) is 0 Å². The second-order valence-corrected chi connectivity index (χ2v) is 9.30. The first-order chi connectivity index (χ1) is 16.7. The lowest BCUT2D eigenvalue weighted by atomic mass is 10.00. The lowest BCUT2D eigenvalue weighted by Crippen LogP contribution is -2.51. The fourth-order valence-electron chi connectivity index (χ4n) is 3.76. The first-order valence-electron chi connectivity index (χ1n) is 11.9. The van der Waals surface area contributed by atoms with Gasteiger partial charge >= 0.3 is 6.03 Å². The number of nitrogens with zero attached hydrogens (tertiary/aromatic N) is 3. The van der Waals surface area contributed by atoms with E-state index in [1.54, 1.807) is 36.0 Å². The first kappa shape index (κ1) is 26.0. The highest BCUT2D eigenvalue weighted by Gasteiger charge is 2.34. The van der Waals surface area contributed by atoms with Crippen LogP contribution in [-0.4, -0.2) is 76.8 Å². The average molecular weight is 479 g/mol. The van der Waals surface area contributed by atoms with E-state index in [1.807, 2.05) is 51.1 Å². The Labute approximate surface area is 207 Å². The van der Waals surface area contributed by atoms with Crippen LogP contribution in [0.4, 0.5) is 4.79 Å². The summed E-state index contributed by atoms with van der Waals surface area (Å²) in [4.78, 5) is 33.6. The van der Waals surface area contributed by atoms with Crippen LogP contribution in [0.15, 0.2) is 42.6 Å². The molecule has 3 atom stereocenters. The number of fused-ring (bicyclic) bond motifs is 1. The second-order valence-electron chi connectivity index (χ2n) is 9.30. The Morgan fingerprint density at radius 1 is 1.26 bits per heavy atom. The molecule has 186 valence electrons. The highest BCUT2D eigenvalue weighted by Crippen LogP contribution is 2.27. The molecule has 0 radical (unpaired) electrons. The average Bonchev–Trinajstić information content (AvgIpc) is 2.84. The van der Waals surface area contributed by atoms with Gasteiger partial charge in [-0.25, -0.2) is 9.78 Å². The highest BCUT2D eigenvalue weighted by molar-refractivity contribution is 5.97. The normalized spacial score (nSPS) is 18.4. The molecule has 0 saturated heterocycles. The van der Waals surface area contributed by atoms with Crippen LogP contribution in [0.25, 0.3) is 0 Å². The van der Waals surface area contributed by atoms with Crippen molar-refractivity contribution >= 4 is 11.9 Å². The maximum Gasteiger partial charge on any atom is 0.317 e. The van der Waals surface area contributed by atoms with E-state index >= 15 is 0 Å². The van der Waals surface area contributed by atoms with Gasteiger partial charge in [0.15, 0.2) is 0 Å². The van der Waals surface area contributed by atoms with Crippen molar-refractivity contribution in [2.24, 2.45) is 5.92 Å². The van der Waals surface area contributed by atoms with Crippen LogP contribution in [-0.2, 0) is 0 Å². The Balaban J connectivity index is 1.95. The smallest absolute Gasteiger partial charge is 0.317 e. The first-order valence-corrected chi connectivity index (χ1v) is 11.9. The lowest BCUT2D eigenvalue weighted by Gasteiger charge is -2.37. The number of carbonyl (C=O) groups is 2. The van der Waals surface area contributed by atoms with Gasteiger partial charge in [0.2, 0.25) is 5.88 Å². The van der Waals surface area contributed by atoms with Gasteiger partial charge in [-0.2, -0.15) is 0 Å². The molecule has 3 rings (SSSR count). The van der Waals surface area contributed by atoms with E-state index in [2.05, 4.69) is 22.1 Å². The number of hydrogen-bond donors (Lipinski definition) is 2. The zero-order chi connectivity index (χ0) is 25.5. The number of ether oxygens (including phenoxy) is 1. The molecule has 0 spiro atoms. The Morgan fingerprint density at radius 2 is 1.94 bits per heavy atom. The molecule has 1 aromatic heterocycles. The summed E-state index contributed by atoms with van der Waals surface area (Å²) in [6.45, 7) is 8.08. The van der Waals surface area contributed by atoms with Crippen LogP contribution in [0.5, 0.6) is 5.88 Å². The molecule has 0 unspecified atom stereocenters. The molecule has 3 amide bonds. The van der Waals surface area contributed by atoms with Crippen molar-refractivity contribution < 1.29 is 19.4 Å². The number of urea groups is 1. The van der Waals surface area contributed by atoms with Crippen molar-refractivity contribution in [2.75, 3.05) is 26.7 Å². The van der Waals surface area contributed by atoms with Crippen LogP contribution < -0.4 is 10.1 Å². The topological polar surface area (TPSA) is 95.0 Å². The van der Waals surface area contributed by atoms with Crippen molar-refractivity contribution in [1.29, 1.82) is 0 Å². The lowest BCUT2D eigenvalue weighted by molar-refractivity contribution is 0.0351. The summed E-state index contributed by atoms with van der Waals surface area (Å²) in [6, 6.07) is 10.7. The molecule has 35 heavy (non-hydrogen) atoms. The minimum absolute atomic E-state index is 0.0111. The molecule has 8 heteroatoms. The largest absolute Gasteiger partial charge is 0.472 e. The summed E-state index contributed by atoms with van der Waals surface area (Å²) in [5.41, 5.74) is 1.73. The number of benzene rings is 1. The number of hydrogen-bond acceptors (Lipinski definition) is 5. The van der Waals surface area contributed by atoms with Gasteiger partial charge < -0.3 is 25.0 Å². The molecule has 0 aliphatic carbocycles. The van der Waals surface area contributed by atoms with Gasteiger partial charge in [0.1, 0.15) is 11.7 Å². The van der Waals surface area contributed by atoms with Crippen LogP contribution in [0.1, 0.15) is 49.2 Å². The van der Waals surface area contributed by atoms with Gasteiger partial charge in [-0.3, -0.25) is 4.79 Å². The minimum atomic E-state index is -0.410. The van der Waals surface area contributed by atoms with Crippen molar-refractivity contribution in [3.63, 3.8) is 0 Å². The molecular formula is C27H34N4O4. The van der Waals surface area contributed by atoms with Crippen LogP contribution in [0.2, 0.25) is 0 Å².